The highest BCUT2D eigenvalue weighted by molar-refractivity contribution is 9.10. The molecule has 0 aromatic heterocycles. The summed E-state index contributed by atoms with van der Waals surface area (Å²) in [5, 5.41) is 0. The molecule has 0 unspecified atom stereocenters. The van der Waals surface area contributed by atoms with Crippen molar-refractivity contribution >= 4 is 37.7 Å². The monoisotopic (exact) mass is 334 g/mol. The van der Waals surface area contributed by atoms with Gasteiger partial charge in [0, 0.05) is 9.89 Å². The molecular weight excluding hydrogens is 320 g/mol. The van der Waals surface area contributed by atoms with E-state index in [4.69, 9.17) is 0 Å². The lowest BCUT2D eigenvalue weighted by Crippen LogP contribution is -2.41. The third kappa shape index (κ3) is 4.66. The van der Waals surface area contributed by atoms with Crippen LogP contribution in [0, 0.1) is 5.41 Å². The highest BCUT2D eigenvalue weighted by atomic mass is 79.9. The van der Waals surface area contributed by atoms with Crippen LogP contribution in [0.3, 0.4) is 0 Å². The van der Waals surface area contributed by atoms with Crippen LogP contribution in [0.4, 0.5) is 5.69 Å². The molecule has 1 amide bonds. The molecule has 18 heavy (non-hydrogen) atoms. The fourth-order valence-corrected chi connectivity index (χ4v) is 2.29. The van der Waals surface area contributed by atoms with Crippen LogP contribution >= 0.6 is 15.9 Å². The predicted octanol–water partition coefficient (Wildman–Crippen LogP) is 2.27. The Morgan fingerprint density at radius 2 is 1.67 bits per heavy atom. The summed E-state index contributed by atoms with van der Waals surface area (Å²) in [7, 11) is -3.89. The van der Waals surface area contributed by atoms with Gasteiger partial charge in [0.2, 0.25) is 5.91 Å². The number of benzene rings is 1. The first kappa shape index (κ1) is 15.0. The number of rotatable bonds is 3. The van der Waals surface area contributed by atoms with Gasteiger partial charge in [-0.2, -0.15) is 8.42 Å². The summed E-state index contributed by atoms with van der Waals surface area (Å²) >= 11 is 3.24. The minimum absolute atomic E-state index is 0.382. The average molecular weight is 335 g/mol. The van der Waals surface area contributed by atoms with E-state index in [0.717, 1.165) is 4.47 Å². The Bertz CT molecular complexity index is 532. The van der Waals surface area contributed by atoms with E-state index in [0.29, 0.717) is 5.69 Å². The van der Waals surface area contributed by atoms with Crippen molar-refractivity contribution in [2.24, 2.45) is 5.41 Å². The first-order valence-electron chi connectivity index (χ1n) is 5.21. The van der Waals surface area contributed by atoms with Crippen LogP contribution in [0.5, 0.6) is 0 Å². The Labute approximate surface area is 115 Å². The van der Waals surface area contributed by atoms with Gasteiger partial charge in [-0.25, -0.2) is 4.72 Å². The molecule has 2 N–H and O–H groups in total. The Morgan fingerprint density at radius 1 is 1.17 bits per heavy atom. The largest absolute Gasteiger partial charge is 0.323 e. The number of anilines is 1. The molecule has 0 spiro atoms. The van der Waals surface area contributed by atoms with Crippen molar-refractivity contribution in [3.05, 3.63) is 28.7 Å². The molecule has 7 heteroatoms. The summed E-state index contributed by atoms with van der Waals surface area (Å²) < 4.78 is 28.4. The zero-order chi connectivity index (χ0) is 14.0. The van der Waals surface area contributed by atoms with Crippen LogP contribution in [0.15, 0.2) is 28.7 Å². The predicted molar refractivity (Wildman–Crippen MR) is 74.3 cm³/mol. The van der Waals surface area contributed by atoms with Gasteiger partial charge in [0.1, 0.15) is 0 Å². The van der Waals surface area contributed by atoms with Crippen molar-refractivity contribution in [3.8, 4) is 0 Å². The lowest BCUT2D eigenvalue weighted by atomic mass is 9.96. The normalized spacial score (nSPS) is 12.0. The molecule has 0 bridgehead atoms. The average Bonchev–Trinajstić information content (AvgIpc) is 2.19. The Morgan fingerprint density at radius 3 is 2.11 bits per heavy atom. The molecule has 0 aliphatic carbocycles. The van der Waals surface area contributed by atoms with Crippen LogP contribution in [-0.4, -0.2) is 14.3 Å². The summed E-state index contributed by atoms with van der Waals surface area (Å²) in [5.74, 6) is -0.563. The lowest BCUT2D eigenvalue weighted by molar-refractivity contribution is -0.126. The van der Waals surface area contributed by atoms with Gasteiger partial charge < -0.3 is 0 Å². The molecule has 0 saturated heterocycles. The minimum Gasteiger partial charge on any atom is -0.273 e. The van der Waals surface area contributed by atoms with E-state index in [9.17, 15) is 13.2 Å². The second-order valence-corrected chi connectivity index (χ2v) is 7.12. The number of nitrogens with one attached hydrogen (secondary N) is 2. The summed E-state index contributed by atoms with van der Waals surface area (Å²) in [6.07, 6.45) is 0. The standard InChI is InChI=1S/C11H15BrN2O3S/c1-11(2,3)10(15)14-18(16,17)13-9-6-4-8(12)5-7-9/h4-7,13H,1-3H3,(H,14,15). The number of carbonyl (C=O) groups excluding carboxylic acids is 1. The summed E-state index contributed by atoms with van der Waals surface area (Å²) in [6, 6.07) is 6.57. The maximum Gasteiger partial charge on any atom is 0.323 e. The molecule has 0 heterocycles. The van der Waals surface area contributed by atoms with Crippen molar-refractivity contribution in [1.82, 2.24) is 4.72 Å². The molecule has 0 fully saturated rings. The fourth-order valence-electron chi connectivity index (χ4n) is 0.974. The number of halogens is 1. The minimum atomic E-state index is -3.89. The Kier molecular flexibility index (Phi) is 4.39. The summed E-state index contributed by atoms with van der Waals surface area (Å²) in [6.45, 7) is 4.91. The van der Waals surface area contributed by atoms with Crippen LogP contribution in [-0.2, 0) is 15.0 Å². The molecule has 1 aromatic carbocycles. The van der Waals surface area contributed by atoms with Gasteiger partial charge in [-0.3, -0.25) is 9.52 Å². The van der Waals surface area contributed by atoms with Gasteiger partial charge in [0.15, 0.2) is 0 Å². The fraction of sp³-hybridized carbons (Fsp3) is 0.364. The molecular formula is C11H15BrN2O3S. The number of carbonyl (C=O) groups is 1. The molecule has 0 atom stereocenters. The van der Waals surface area contributed by atoms with Crippen molar-refractivity contribution in [1.29, 1.82) is 0 Å². The SMILES string of the molecule is CC(C)(C)C(=O)NS(=O)(=O)Nc1ccc(Br)cc1. The van der Waals surface area contributed by atoms with Gasteiger partial charge in [-0.15, -0.1) is 0 Å². The van der Waals surface area contributed by atoms with E-state index in [1.165, 1.54) is 0 Å². The van der Waals surface area contributed by atoms with Crippen molar-refractivity contribution in [2.45, 2.75) is 20.8 Å². The molecule has 100 valence electrons. The van der Waals surface area contributed by atoms with Gasteiger partial charge >= 0.3 is 10.2 Å². The second-order valence-electron chi connectivity index (χ2n) is 4.79. The third-order valence-corrected chi connectivity index (χ3v) is 3.49. The number of amides is 1. The van der Waals surface area contributed by atoms with Gasteiger partial charge in [0.25, 0.3) is 0 Å². The number of hydrogen-bond acceptors (Lipinski definition) is 3. The Hall–Kier alpha value is -1.08. The third-order valence-electron chi connectivity index (χ3n) is 2.00. The van der Waals surface area contributed by atoms with Crippen LogP contribution in [0.1, 0.15) is 20.8 Å². The Balaban J connectivity index is 2.77. The molecule has 0 saturated carbocycles. The maximum atomic E-state index is 11.7. The molecule has 1 rings (SSSR count). The van der Waals surface area contributed by atoms with Gasteiger partial charge in [0.05, 0.1) is 5.69 Å². The summed E-state index contributed by atoms with van der Waals surface area (Å²) in [4.78, 5) is 11.6. The van der Waals surface area contributed by atoms with Crippen LogP contribution < -0.4 is 9.44 Å². The van der Waals surface area contributed by atoms with E-state index in [1.807, 2.05) is 4.72 Å². The zero-order valence-electron chi connectivity index (χ0n) is 10.3. The van der Waals surface area contributed by atoms with E-state index in [2.05, 4.69) is 20.7 Å². The smallest absolute Gasteiger partial charge is 0.273 e. The van der Waals surface area contributed by atoms with Crippen molar-refractivity contribution < 1.29 is 13.2 Å². The first-order valence-corrected chi connectivity index (χ1v) is 7.48. The highest BCUT2D eigenvalue weighted by Gasteiger charge is 2.25. The molecule has 0 aliphatic rings. The molecule has 5 nitrogen and oxygen atoms in total. The van der Waals surface area contributed by atoms with E-state index < -0.39 is 21.5 Å². The van der Waals surface area contributed by atoms with E-state index in [1.54, 1.807) is 45.0 Å². The lowest BCUT2D eigenvalue weighted by Gasteiger charge is -2.18. The molecule has 0 aliphatic heterocycles. The van der Waals surface area contributed by atoms with Crippen molar-refractivity contribution in [3.63, 3.8) is 0 Å². The van der Waals surface area contributed by atoms with Crippen LogP contribution in [0.25, 0.3) is 0 Å². The van der Waals surface area contributed by atoms with Crippen LogP contribution in [0.2, 0.25) is 0 Å². The maximum absolute atomic E-state index is 11.7. The number of hydrogen-bond donors (Lipinski definition) is 2. The zero-order valence-corrected chi connectivity index (χ0v) is 12.7. The highest BCUT2D eigenvalue weighted by Crippen LogP contribution is 2.16. The molecule has 0 radical (unpaired) electrons. The quantitative estimate of drug-likeness (QED) is 0.890. The van der Waals surface area contributed by atoms with E-state index >= 15 is 0 Å². The summed E-state index contributed by atoms with van der Waals surface area (Å²) in [5.41, 5.74) is -0.388. The van der Waals surface area contributed by atoms with Gasteiger partial charge in [-0.1, -0.05) is 36.7 Å². The molecule has 1 aromatic rings. The second kappa shape index (κ2) is 5.27. The van der Waals surface area contributed by atoms with Gasteiger partial charge in [-0.05, 0) is 24.3 Å². The van der Waals surface area contributed by atoms with Crippen molar-refractivity contribution in [2.75, 3.05) is 4.72 Å². The topological polar surface area (TPSA) is 75.3 Å². The first-order chi connectivity index (χ1) is 8.10. The van der Waals surface area contributed by atoms with E-state index in [-0.39, 0.29) is 0 Å².